The van der Waals surface area contributed by atoms with Crippen LogP contribution in [0, 0.1) is 29.1 Å². The molecule has 1 aromatic carbocycles. The molecule has 0 amide bonds. The fourth-order valence-electron chi connectivity index (χ4n) is 8.02. The molecule has 2 unspecified atom stereocenters. The third-order valence-electron chi connectivity index (χ3n) is 9.60. The Morgan fingerprint density at radius 1 is 0.968 bits per heavy atom. The third kappa shape index (κ3) is 3.60. The predicted octanol–water partition coefficient (Wildman–Crippen LogP) is 5.91. The first-order valence-corrected chi connectivity index (χ1v) is 13.3. The van der Waals surface area contributed by atoms with Crippen molar-refractivity contribution in [3.8, 4) is 0 Å². The number of nitrogens with one attached hydrogen (secondary N) is 1. The van der Waals surface area contributed by atoms with Crippen molar-refractivity contribution in [3.63, 3.8) is 0 Å². The van der Waals surface area contributed by atoms with Crippen LogP contribution in [0.15, 0.2) is 42.0 Å². The predicted molar refractivity (Wildman–Crippen MR) is 132 cm³/mol. The summed E-state index contributed by atoms with van der Waals surface area (Å²) >= 11 is 6.27. The summed E-state index contributed by atoms with van der Waals surface area (Å²) in [6, 6.07) is 12.0. The molecule has 1 aromatic rings. The smallest absolute Gasteiger partial charge is 0.0818 e. The number of hydrogen-bond donors (Lipinski definition) is 2. The van der Waals surface area contributed by atoms with Gasteiger partial charge in [-0.2, -0.15) is 0 Å². The van der Waals surface area contributed by atoms with Crippen molar-refractivity contribution in [2.24, 2.45) is 34.8 Å². The van der Waals surface area contributed by atoms with E-state index in [0.29, 0.717) is 11.5 Å². The summed E-state index contributed by atoms with van der Waals surface area (Å²) in [7, 11) is 0. The first kappa shape index (κ1) is 20.4. The van der Waals surface area contributed by atoms with E-state index in [0.717, 1.165) is 30.2 Å². The summed E-state index contributed by atoms with van der Waals surface area (Å²) in [5.74, 6) is 3.10. The Labute approximate surface area is 193 Å². The lowest BCUT2D eigenvalue weighted by molar-refractivity contribution is 0.00524. The number of benzene rings is 1. The molecule has 6 aliphatic carbocycles. The first-order chi connectivity index (χ1) is 15.1. The summed E-state index contributed by atoms with van der Waals surface area (Å²) in [4.78, 5) is 1.21. The van der Waals surface area contributed by atoms with Gasteiger partial charge in [0.25, 0.3) is 0 Å². The average molecular weight is 435 g/mol. The highest BCUT2D eigenvalue weighted by Gasteiger charge is 2.61. The van der Waals surface area contributed by atoms with Crippen LogP contribution < -0.4 is 11.1 Å². The first-order valence-electron chi connectivity index (χ1n) is 12.9. The van der Waals surface area contributed by atoms with Crippen LogP contribution in [0.2, 0.25) is 0 Å². The van der Waals surface area contributed by atoms with Crippen molar-refractivity contribution in [2.75, 3.05) is 6.54 Å². The molecule has 166 valence electrons. The molecule has 0 heterocycles. The molecule has 3 heteroatoms. The fourth-order valence-corrected chi connectivity index (χ4v) is 8.43. The normalized spacial score (nSPS) is 41.3. The minimum absolute atomic E-state index is 0.211. The Morgan fingerprint density at radius 3 is 2.26 bits per heavy atom. The van der Waals surface area contributed by atoms with Gasteiger partial charge in [0, 0.05) is 11.5 Å². The van der Waals surface area contributed by atoms with Gasteiger partial charge < -0.3 is 11.1 Å². The molecule has 6 fully saturated rings. The zero-order chi connectivity index (χ0) is 21.1. The van der Waals surface area contributed by atoms with E-state index in [2.05, 4.69) is 41.7 Å². The highest BCUT2D eigenvalue weighted by molar-refractivity contribution is 7.80. The van der Waals surface area contributed by atoms with E-state index >= 15 is 0 Å². The van der Waals surface area contributed by atoms with Gasteiger partial charge in [0.2, 0.25) is 0 Å². The Bertz CT molecular complexity index is 844. The second-order valence-corrected chi connectivity index (χ2v) is 12.2. The van der Waals surface area contributed by atoms with Crippen LogP contribution in [-0.4, -0.2) is 17.6 Å². The molecule has 0 radical (unpaired) electrons. The van der Waals surface area contributed by atoms with E-state index in [4.69, 9.17) is 18.0 Å². The molecular formula is C28H38N2S. The summed E-state index contributed by atoms with van der Waals surface area (Å²) in [5.41, 5.74) is 9.87. The second-order valence-electron chi connectivity index (χ2n) is 11.7. The summed E-state index contributed by atoms with van der Waals surface area (Å²) in [6.45, 7) is 0.847. The largest absolute Gasteiger partial charge is 0.376 e. The standard InChI is InChI=1S/C28H38N2S/c29-17-20-8-10-24(11-9-20)30-26(31)28-15-21-13-27(18-28,23-4-2-1-3-5-23)14-22(16-28)25(21)12-19-6-7-19/h1-5,12,19-22,24H,6-11,13-18,29H2,(H,30,31). The molecule has 0 saturated heterocycles. The van der Waals surface area contributed by atoms with Gasteiger partial charge >= 0.3 is 0 Å². The third-order valence-corrected chi connectivity index (χ3v) is 10.2. The molecule has 31 heavy (non-hydrogen) atoms. The van der Waals surface area contributed by atoms with Crippen molar-refractivity contribution in [1.82, 2.24) is 5.32 Å². The van der Waals surface area contributed by atoms with E-state index in [9.17, 15) is 0 Å². The van der Waals surface area contributed by atoms with Crippen molar-refractivity contribution < 1.29 is 0 Å². The summed E-state index contributed by atoms with van der Waals surface area (Å²) in [5, 5.41) is 3.93. The van der Waals surface area contributed by atoms with Gasteiger partial charge in [-0.15, -0.1) is 0 Å². The molecule has 0 aromatic heterocycles. The van der Waals surface area contributed by atoms with Crippen molar-refractivity contribution in [2.45, 2.75) is 82.1 Å². The number of hydrogen-bond acceptors (Lipinski definition) is 2. The minimum Gasteiger partial charge on any atom is -0.376 e. The Hall–Kier alpha value is -1.19. The molecule has 4 bridgehead atoms. The lowest BCUT2D eigenvalue weighted by Crippen LogP contribution is -2.60. The lowest BCUT2D eigenvalue weighted by Gasteiger charge is -2.63. The molecule has 2 atom stereocenters. The Kier molecular flexibility index (Phi) is 5.07. The van der Waals surface area contributed by atoms with E-state index in [1.165, 1.54) is 75.6 Å². The molecule has 0 aliphatic heterocycles. The number of rotatable bonds is 5. The van der Waals surface area contributed by atoms with Crippen LogP contribution in [0.3, 0.4) is 0 Å². The SMILES string of the molecule is NCC1CCC(NC(=S)C23CC4CC(c5ccccc5)(CC(C2)C4=CC2CC2)C3)CC1. The van der Waals surface area contributed by atoms with Crippen LogP contribution in [0.5, 0.6) is 0 Å². The van der Waals surface area contributed by atoms with Crippen molar-refractivity contribution in [1.29, 1.82) is 0 Å². The fraction of sp³-hybridized carbons (Fsp3) is 0.679. The zero-order valence-corrected chi connectivity index (χ0v) is 19.6. The molecule has 6 aliphatic rings. The van der Waals surface area contributed by atoms with Crippen LogP contribution in [0.1, 0.15) is 76.2 Å². The molecule has 3 N–H and O–H groups in total. The molecule has 2 nitrogen and oxygen atoms in total. The average Bonchev–Trinajstić information content (AvgIpc) is 3.61. The highest BCUT2D eigenvalue weighted by Crippen LogP contribution is 2.68. The maximum Gasteiger partial charge on any atom is 0.0818 e. The summed E-state index contributed by atoms with van der Waals surface area (Å²) in [6.07, 6.45) is 17.1. The lowest BCUT2D eigenvalue weighted by atomic mass is 9.41. The van der Waals surface area contributed by atoms with Gasteiger partial charge in [0.1, 0.15) is 0 Å². The van der Waals surface area contributed by atoms with Gasteiger partial charge in [-0.3, -0.25) is 0 Å². The topological polar surface area (TPSA) is 38.0 Å². The molecular weight excluding hydrogens is 396 g/mol. The van der Waals surface area contributed by atoms with Crippen LogP contribution in [-0.2, 0) is 5.41 Å². The maximum atomic E-state index is 6.27. The second kappa shape index (κ2) is 7.70. The molecule has 6 saturated carbocycles. The van der Waals surface area contributed by atoms with E-state index in [-0.39, 0.29) is 5.41 Å². The highest BCUT2D eigenvalue weighted by atomic mass is 32.1. The van der Waals surface area contributed by atoms with Crippen molar-refractivity contribution >= 4 is 17.2 Å². The van der Waals surface area contributed by atoms with E-state index in [1.54, 1.807) is 5.56 Å². The van der Waals surface area contributed by atoms with Crippen LogP contribution >= 0.6 is 12.2 Å². The maximum absolute atomic E-state index is 6.27. The van der Waals surface area contributed by atoms with E-state index < -0.39 is 0 Å². The van der Waals surface area contributed by atoms with E-state index in [1.807, 2.05) is 5.57 Å². The molecule has 7 rings (SSSR count). The monoisotopic (exact) mass is 434 g/mol. The quantitative estimate of drug-likeness (QED) is 0.447. The molecule has 0 spiro atoms. The van der Waals surface area contributed by atoms with Gasteiger partial charge in [0.15, 0.2) is 0 Å². The van der Waals surface area contributed by atoms with Crippen molar-refractivity contribution in [3.05, 3.63) is 47.5 Å². The summed E-state index contributed by atoms with van der Waals surface area (Å²) < 4.78 is 0. The number of thiocarbonyl (C=S) groups is 1. The minimum atomic E-state index is 0.211. The van der Waals surface area contributed by atoms with Gasteiger partial charge in [0.05, 0.1) is 4.99 Å². The van der Waals surface area contributed by atoms with Gasteiger partial charge in [-0.1, -0.05) is 54.2 Å². The zero-order valence-electron chi connectivity index (χ0n) is 18.8. The Balaban J connectivity index is 1.28. The van der Waals surface area contributed by atoms with Gasteiger partial charge in [-0.25, -0.2) is 0 Å². The Morgan fingerprint density at radius 2 is 1.65 bits per heavy atom. The van der Waals surface area contributed by atoms with Crippen LogP contribution in [0.4, 0.5) is 0 Å². The van der Waals surface area contributed by atoms with Crippen LogP contribution in [0.25, 0.3) is 0 Å². The number of nitrogens with two attached hydrogens (primary N) is 1. The van der Waals surface area contributed by atoms with Gasteiger partial charge in [-0.05, 0) is 112 Å². The number of allylic oxidation sites excluding steroid dienone is 2.